The summed E-state index contributed by atoms with van der Waals surface area (Å²) in [4.78, 5) is 32.7. The van der Waals surface area contributed by atoms with Gasteiger partial charge in [-0.05, 0) is 31.6 Å². The predicted octanol–water partition coefficient (Wildman–Crippen LogP) is 3.96. The van der Waals surface area contributed by atoms with Gasteiger partial charge in [0.1, 0.15) is 12.0 Å². The Balaban J connectivity index is 1.61. The highest BCUT2D eigenvalue weighted by Crippen LogP contribution is 2.20. The van der Waals surface area contributed by atoms with E-state index in [-0.39, 0.29) is 5.75 Å². The zero-order valence-corrected chi connectivity index (χ0v) is 16.2. The second-order valence-electron chi connectivity index (χ2n) is 5.96. The van der Waals surface area contributed by atoms with E-state index in [1.54, 1.807) is 6.08 Å². The number of hydrogen-bond donors (Lipinski definition) is 0. The van der Waals surface area contributed by atoms with Gasteiger partial charge in [-0.25, -0.2) is 14.8 Å². The van der Waals surface area contributed by atoms with Crippen LogP contribution in [0.15, 0.2) is 69.2 Å². The van der Waals surface area contributed by atoms with Crippen LogP contribution in [0.3, 0.4) is 0 Å². The molecule has 0 aliphatic carbocycles. The molecule has 0 aliphatic rings. The Morgan fingerprint density at radius 3 is 2.54 bits per heavy atom. The number of esters is 1. The monoisotopic (exact) mass is 394 g/mol. The molecule has 2 heterocycles. The summed E-state index contributed by atoms with van der Waals surface area (Å²) in [6.45, 7) is 3.79. The number of nitrogens with zero attached hydrogens (tertiary/aromatic N) is 2. The molecular formula is C21H18N2O4S. The third kappa shape index (κ3) is 5.65. The molecule has 7 heteroatoms. The fraction of sp³-hybridized carbons (Fsp3) is 0.143. The van der Waals surface area contributed by atoms with E-state index in [4.69, 9.17) is 9.15 Å². The first-order valence-electron chi connectivity index (χ1n) is 8.51. The second-order valence-corrected chi connectivity index (χ2v) is 6.90. The minimum absolute atomic E-state index is 0.154. The smallest absolute Gasteiger partial charge is 0.336 e. The van der Waals surface area contributed by atoms with E-state index in [1.165, 1.54) is 23.9 Å². The fourth-order valence-electron chi connectivity index (χ4n) is 2.35. The highest BCUT2D eigenvalue weighted by Gasteiger charge is 2.09. The van der Waals surface area contributed by atoms with Gasteiger partial charge in [0.15, 0.2) is 5.16 Å². The molecule has 0 saturated heterocycles. The Kier molecular flexibility index (Phi) is 6.39. The topological polar surface area (TPSA) is 82.3 Å². The van der Waals surface area contributed by atoms with Crippen LogP contribution in [-0.4, -0.2) is 15.9 Å². The van der Waals surface area contributed by atoms with Gasteiger partial charge in [-0.3, -0.25) is 4.79 Å². The lowest BCUT2D eigenvalue weighted by Crippen LogP contribution is -2.12. The van der Waals surface area contributed by atoms with Crippen molar-refractivity contribution in [2.24, 2.45) is 0 Å². The summed E-state index contributed by atoms with van der Waals surface area (Å²) in [5.41, 5.74) is 2.18. The minimum atomic E-state index is -0.651. The molecule has 28 heavy (non-hydrogen) atoms. The molecule has 3 rings (SSSR count). The Hall–Kier alpha value is -3.19. The van der Waals surface area contributed by atoms with Gasteiger partial charge in [-0.2, -0.15) is 0 Å². The Bertz CT molecular complexity index is 1040. The number of rotatable bonds is 6. The maximum absolute atomic E-state index is 12.2. The average Bonchev–Trinajstić information content (AvgIpc) is 2.67. The van der Waals surface area contributed by atoms with Gasteiger partial charge in [-0.1, -0.05) is 42.1 Å². The van der Waals surface area contributed by atoms with Crippen molar-refractivity contribution in [3.63, 3.8) is 0 Å². The summed E-state index contributed by atoms with van der Waals surface area (Å²) >= 11 is 1.36. The van der Waals surface area contributed by atoms with Crippen molar-refractivity contribution in [3.8, 4) is 5.75 Å². The number of thioether (sulfide) groups is 1. The SMILES string of the molecule is Cc1cc(C)nc(SCc2cc(=O)c(OC(=O)/C=C/c3ccccc3)co2)n1. The van der Waals surface area contributed by atoms with E-state index in [0.717, 1.165) is 23.2 Å². The van der Waals surface area contributed by atoms with Gasteiger partial charge >= 0.3 is 5.97 Å². The van der Waals surface area contributed by atoms with E-state index in [9.17, 15) is 9.59 Å². The second kappa shape index (κ2) is 9.14. The lowest BCUT2D eigenvalue weighted by atomic mass is 10.2. The molecule has 0 aliphatic heterocycles. The number of aromatic nitrogens is 2. The summed E-state index contributed by atoms with van der Waals surface area (Å²) in [7, 11) is 0. The van der Waals surface area contributed by atoms with Gasteiger partial charge < -0.3 is 9.15 Å². The normalized spacial score (nSPS) is 10.9. The molecule has 0 unspecified atom stereocenters. The van der Waals surface area contributed by atoms with Crippen LogP contribution in [0.4, 0.5) is 0 Å². The first kappa shape index (κ1) is 19.6. The highest BCUT2D eigenvalue weighted by molar-refractivity contribution is 7.98. The lowest BCUT2D eigenvalue weighted by molar-refractivity contribution is -0.129. The molecular weight excluding hydrogens is 376 g/mol. The quantitative estimate of drug-likeness (QED) is 0.271. The van der Waals surface area contributed by atoms with Crippen LogP contribution in [0.2, 0.25) is 0 Å². The molecule has 1 aromatic carbocycles. The molecule has 142 valence electrons. The van der Waals surface area contributed by atoms with Crippen molar-refractivity contribution in [1.29, 1.82) is 0 Å². The first-order valence-corrected chi connectivity index (χ1v) is 9.50. The number of ether oxygens (including phenoxy) is 1. The standard InChI is InChI=1S/C21H18N2O4S/c1-14-10-15(2)23-21(22-14)28-13-17-11-18(24)19(12-26-17)27-20(25)9-8-16-6-4-3-5-7-16/h3-12H,13H2,1-2H3/b9-8+. The summed E-state index contributed by atoms with van der Waals surface area (Å²) in [6, 6.07) is 12.5. The van der Waals surface area contributed by atoms with Gasteiger partial charge in [0.2, 0.25) is 11.2 Å². The average molecular weight is 394 g/mol. The van der Waals surface area contributed by atoms with E-state index in [2.05, 4.69) is 9.97 Å². The van der Waals surface area contributed by atoms with Gasteiger partial charge in [0.05, 0.1) is 5.75 Å². The third-order valence-corrected chi connectivity index (χ3v) is 4.45. The van der Waals surface area contributed by atoms with E-state index >= 15 is 0 Å². The third-order valence-electron chi connectivity index (χ3n) is 3.58. The molecule has 2 aromatic heterocycles. The van der Waals surface area contributed by atoms with Crippen LogP contribution < -0.4 is 10.2 Å². The zero-order chi connectivity index (χ0) is 19.9. The fourth-order valence-corrected chi connectivity index (χ4v) is 3.19. The number of benzene rings is 1. The first-order chi connectivity index (χ1) is 13.5. The number of carbonyl (C=O) groups is 1. The van der Waals surface area contributed by atoms with Gasteiger partial charge in [0.25, 0.3) is 0 Å². The van der Waals surface area contributed by atoms with Crippen molar-refractivity contribution >= 4 is 23.8 Å². The molecule has 0 saturated carbocycles. The molecule has 0 bridgehead atoms. The summed E-state index contributed by atoms with van der Waals surface area (Å²) < 4.78 is 10.5. The summed E-state index contributed by atoms with van der Waals surface area (Å²) in [6.07, 6.45) is 4.02. The minimum Gasteiger partial charge on any atom is -0.464 e. The van der Waals surface area contributed by atoms with Crippen molar-refractivity contribution in [2.75, 3.05) is 0 Å². The van der Waals surface area contributed by atoms with Gasteiger partial charge in [-0.15, -0.1) is 0 Å². The number of aryl methyl sites for hydroxylation is 2. The predicted molar refractivity (Wildman–Crippen MR) is 107 cm³/mol. The maximum atomic E-state index is 12.2. The Morgan fingerprint density at radius 1 is 1.14 bits per heavy atom. The zero-order valence-electron chi connectivity index (χ0n) is 15.4. The number of hydrogen-bond acceptors (Lipinski definition) is 7. The van der Waals surface area contributed by atoms with Crippen LogP contribution in [-0.2, 0) is 10.5 Å². The summed E-state index contributed by atoms with van der Waals surface area (Å²) in [5, 5.41) is 0.613. The van der Waals surface area contributed by atoms with Crippen molar-refractivity contribution < 1.29 is 13.9 Å². The van der Waals surface area contributed by atoms with Crippen molar-refractivity contribution in [2.45, 2.75) is 24.8 Å². The van der Waals surface area contributed by atoms with Crippen LogP contribution in [0.5, 0.6) is 5.75 Å². The molecule has 0 atom stereocenters. The molecule has 0 amide bonds. The van der Waals surface area contributed by atoms with Crippen LogP contribution in [0.25, 0.3) is 6.08 Å². The molecule has 0 N–H and O–H groups in total. The van der Waals surface area contributed by atoms with Crippen LogP contribution in [0, 0.1) is 13.8 Å². The highest BCUT2D eigenvalue weighted by atomic mass is 32.2. The largest absolute Gasteiger partial charge is 0.464 e. The summed E-state index contributed by atoms with van der Waals surface area (Å²) in [5.74, 6) is 0.0266. The number of carbonyl (C=O) groups excluding carboxylic acids is 1. The van der Waals surface area contributed by atoms with E-state index < -0.39 is 11.4 Å². The lowest BCUT2D eigenvalue weighted by Gasteiger charge is -2.04. The van der Waals surface area contributed by atoms with Crippen molar-refractivity contribution in [1.82, 2.24) is 9.97 Å². The maximum Gasteiger partial charge on any atom is 0.336 e. The Labute approximate surface area is 166 Å². The molecule has 6 nitrogen and oxygen atoms in total. The Morgan fingerprint density at radius 2 is 1.86 bits per heavy atom. The molecule has 3 aromatic rings. The van der Waals surface area contributed by atoms with E-state index in [1.807, 2.05) is 50.2 Å². The van der Waals surface area contributed by atoms with Gasteiger partial charge in [0, 0.05) is 23.5 Å². The van der Waals surface area contributed by atoms with Crippen LogP contribution in [0.1, 0.15) is 22.7 Å². The molecule has 0 spiro atoms. The molecule has 0 fully saturated rings. The van der Waals surface area contributed by atoms with Crippen LogP contribution >= 0.6 is 11.8 Å². The van der Waals surface area contributed by atoms with E-state index in [0.29, 0.717) is 16.7 Å². The van der Waals surface area contributed by atoms with Crippen molar-refractivity contribution in [3.05, 3.63) is 87.7 Å². The molecule has 0 radical (unpaired) electrons.